The molecule has 23 heavy (non-hydrogen) atoms. The van der Waals surface area contributed by atoms with Gasteiger partial charge in [0.1, 0.15) is 0 Å². The van der Waals surface area contributed by atoms with Crippen LogP contribution in [0.25, 0.3) is 11.0 Å². The number of fused-ring (bicyclic) bond motifs is 1. The van der Waals surface area contributed by atoms with Crippen LogP contribution in [0, 0.1) is 6.92 Å². The van der Waals surface area contributed by atoms with Crippen molar-refractivity contribution in [3.05, 3.63) is 65.4 Å². The molecule has 1 aromatic heterocycles. The maximum atomic E-state index is 5.66. The highest BCUT2D eigenvalue weighted by Crippen LogP contribution is 2.29. The van der Waals surface area contributed by atoms with E-state index in [9.17, 15) is 0 Å². The maximum Gasteiger partial charge on any atom is 0.175 e. The molecule has 1 heterocycles. The zero-order valence-corrected chi connectivity index (χ0v) is 13.8. The summed E-state index contributed by atoms with van der Waals surface area (Å²) in [5, 5.41) is 4.65. The summed E-state index contributed by atoms with van der Waals surface area (Å²) in [5.74, 6) is 0.793. The van der Waals surface area contributed by atoms with E-state index in [2.05, 4.69) is 42.6 Å². The monoisotopic (exact) mass is 309 g/mol. The van der Waals surface area contributed by atoms with Gasteiger partial charge < -0.3 is 14.5 Å². The van der Waals surface area contributed by atoms with Gasteiger partial charge in [-0.2, -0.15) is 0 Å². The molecule has 2 aromatic carbocycles. The number of rotatable bonds is 7. The molecule has 0 aliphatic carbocycles. The molecule has 3 rings (SSSR count). The minimum absolute atomic E-state index is 0.793. The minimum Gasteiger partial charge on any atom is -0.493 e. The standard InChI is InChI=1S/C20H23NO2/c1-15-6-8-16(9-7-15)10-12-21-13-11-17-14-23-20-18(17)4-3-5-19(20)22-2/h3-9,14,21H,10-13H2,1-2H3. The molecule has 0 amide bonds. The molecule has 0 fully saturated rings. The van der Waals surface area contributed by atoms with Gasteiger partial charge in [0.25, 0.3) is 0 Å². The quantitative estimate of drug-likeness (QED) is 0.667. The number of hydrogen-bond acceptors (Lipinski definition) is 3. The van der Waals surface area contributed by atoms with Gasteiger partial charge in [0.2, 0.25) is 0 Å². The van der Waals surface area contributed by atoms with E-state index in [-0.39, 0.29) is 0 Å². The van der Waals surface area contributed by atoms with Crippen molar-refractivity contribution in [3.8, 4) is 5.75 Å². The normalized spacial score (nSPS) is 11.0. The van der Waals surface area contributed by atoms with Crippen molar-refractivity contribution < 1.29 is 9.15 Å². The average Bonchev–Trinajstić information content (AvgIpc) is 2.99. The summed E-state index contributed by atoms with van der Waals surface area (Å²) in [7, 11) is 1.67. The van der Waals surface area contributed by atoms with E-state index in [0.717, 1.165) is 42.6 Å². The zero-order chi connectivity index (χ0) is 16.1. The molecule has 1 N–H and O–H groups in total. The number of furan rings is 1. The molecular weight excluding hydrogens is 286 g/mol. The van der Waals surface area contributed by atoms with Gasteiger partial charge in [-0.25, -0.2) is 0 Å². The van der Waals surface area contributed by atoms with Crippen LogP contribution in [0.1, 0.15) is 16.7 Å². The summed E-state index contributed by atoms with van der Waals surface area (Å²) in [6.45, 7) is 4.05. The van der Waals surface area contributed by atoms with Crippen molar-refractivity contribution in [2.24, 2.45) is 0 Å². The topological polar surface area (TPSA) is 34.4 Å². The van der Waals surface area contributed by atoms with Crippen molar-refractivity contribution in [2.75, 3.05) is 20.2 Å². The van der Waals surface area contributed by atoms with Gasteiger partial charge >= 0.3 is 0 Å². The highest BCUT2D eigenvalue weighted by molar-refractivity contribution is 5.86. The zero-order valence-electron chi connectivity index (χ0n) is 13.8. The molecule has 0 spiro atoms. The van der Waals surface area contributed by atoms with E-state index in [1.165, 1.54) is 16.7 Å². The van der Waals surface area contributed by atoms with Gasteiger partial charge in [0, 0.05) is 5.39 Å². The first-order valence-corrected chi connectivity index (χ1v) is 8.07. The molecule has 0 aliphatic rings. The third kappa shape index (κ3) is 3.74. The van der Waals surface area contributed by atoms with E-state index in [1.807, 2.05) is 18.4 Å². The fourth-order valence-corrected chi connectivity index (χ4v) is 2.77. The van der Waals surface area contributed by atoms with Gasteiger partial charge in [-0.15, -0.1) is 0 Å². The Morgan fingerprint density at radius 1 is 1.00 bits per heavy atom. The molecule has 3 nitrogen and oxygen atoms in total. The third-order valence-electron chi connectivity index (χ3n) is 4.15. The smallest absolute Gasteiger partial charge is 0.175 e. The van der Waals surface area contributed by atoms with Gasteiger partial charge in [0.05, 0.1) is 13.4 Å². The Labute approximate surface area is 137 Å². The lowest BCUT2D eigenvalue weighted by Crippen LogP contribution is -2.20. The lowest BCUT2D eigenvalue weighted by Gasteiger charge is -2.05. The molecule has 3 heteroatoms. The largest absolute Gasteiger partial charge is 0.493 e. The van der Waals surface area contributed by atoms with Crippen LogP contribution in [0.15, 0.2) is 53.1 Å². The van der Waals surface area contributed by atoms with Crippen molar-refractivity contribution in [1.82, 2.24) is 5.32 Å². The van der Waals surface area contributed by atoms with Crippen LogP contribution in [0.4, 0.5) is 0 Å². The lowest BCUT2D eigenvalue weighted by atomic mass is 10.1. The molecule has 0 radical (unpaired) electrons. The molecule has 0 saturated heterocycles. The summed E-state index contributed by atoms with van der Waals surface area (Å²) < 4.78 is 11.0. The van der Waals surface area contributed by atoms with Gasteiger partial charge in [-0.3, -0.25) is 0 Å². The van der Waals surface area contributed by atoms with Crippen LogP contribution >= 0.6 is 0 Å². The van der Waals surface area contributed by atoms with Crippen LogP contribution in [0.2, 0.25) is 0 Å². The molecule has 120 valence electrons. The summed E-state index contributed by atoms with van der Waals surface area (Å²) in [6.07, 6.45) is 3.85. The Morgan fingerprint density at radius 2 is 1.78 bits per heavy atom. The Hall–Kier alpha value is -2.26. The highest BCUT2D eigenvalue weighted by Gasteiger charge is 2.09. The van der Waals surface area contributed by atoms with Crippen LogP contribution in [-0.4, -0.2) is 20.2 Å². The van der Waals surface area contributed by atoms with Crippen molar-refractivity contribution in [1.29, 1.82) is 0 Å². The number of ether oxygens (including phenoxy) is 1. The predicted octanol–water partition coefficient (Wildman–Crippen LogP) is 4.12. The number of benzene rings is 2. The van der Waals surface area contributed by atoms with Gasteiger partial charge in [-0.1, -0.05) is 42.0 Å². The van der Waals surface area contributed by atoms with E-state index >= 15 is 0 Å². The highest BCUT2D eigenvalue weighted by atomic mass is 16.5. The Kier molecular flexibility index (Phi) is 4.99. The number of methoxy groups -OCH3 is 1. The molecule has 0 aliphatic heterocycles. The van der Waals surface area contributed by atoms with Crippen molar-refractivity contribution in [3.63, 3.8) is 0 Å². The molecule has 0 unspecified atom stereocenters. The van der Waals surface area contributed by atoms with E-state index < -0.39 is 0 Å². The lowest BCUT2D eigenvalue weighted by molar-refractivity contribution is 0.410. The summed E-state index contributed by atoms with van der Waals surface area (Å²) in [6, 6.07) is 14.8. The van der Waals surface area contributed by atoms with Gasteiger partial charge in [0.15, 0.2) is 11.3 Å². The number of aryl methyl sites for hydroxylation is 1. The number of hydrogen-bond donors (Lipinski definition) is 1. The second kappa shape index (κ2) is 7.34. The van der Waals surface area contributed by atoms with Gasteiger partial charge in [-0.05, 0) is 50.0 Å². The molecule has 3 aromatic rings. The first-order valence-electron chi connectivity index (χ1n) is 8.07. The molecule has 0 saturated carbocycles. The van der Waals surface area contributed by atoms with Crippen LogP contribution < -0.4 is 10.1 Å². The fourth-order valence-electron chi connectivity index (χ4n) is 2.77. The van der Waals surface area contributed by atoms with E-state index in [4.69, 9.17) is 9.15 Å². The molecule has 0 atom stereocenters. The van der Waals surface area contributed by atoms with E-state index in [1.54, 1.807) is 7.11 Å². The average molecular weight is 309 g/mol. The van der Waals surface area contributed by atoms with Crippen LogP contribution in [0.3, 0.4) is 0 Å². The summed E-state index contributed by atoms with van der Waals surface area (Å²) in [5.41, 5.74) is 4.75. The number of para-hydroxylation sites is 1. The van der Waals surface area contributed by atoms with Crippen molar-refractivity contribution >= 4 is 11.0 Å². The minimum atomic E-state index is 0.793. The number of nitrogens with one attached hydrogen (secondary N) is 1. The second-order valence-corrected chi connectivity index (χ2v) is 5.83. The Balaban J connectivity index is 1.50. The first kappa shape index (κ1) is 15.6. The fraction of sp³-hybridized carbons (Fsp3) is 0.300. The summed E-state index contributed by atoms with van der Waals surface area (Å²) >= 11 is 0. The van der Waals surface area contributed by atoms with Crippen LogP contribution in [-0.2, 0) is 12.8 Å². The Bertz CT molecular complexity index is 759. The SMILES string of the molecule is COc1cccc2c(CCNCCc3ccc(C)cc3)coc12. The van der Waals surface area contributed by atoms with E-state index in [0.29, 0.717) is 0 Å². The van der Waals surface area contributed by atoms with Crippen LogP contribution in [0.5, 0.6) is 5.75 Å². The summed E-state index contributed by atoms with van der Waals surface area (Å²) in [4.78, 5) is 0. The molecular formula is C20H23NO2. The first-order chi connectivity index (χ1) is 11.3. The second-order valence-electron chi connectivity index (χ2n) is 5.83. The predicted molar refractivity (Wildman–Crippen MR) is 94.2 cm³/mol. The third-order valence-corrected chi connectivity index (χ3v) is 4.15. The van der Waals surface area contributed by atoms with Crippen molar-refractivity contribution in [2.45, 2.75) is 19.8 Å². The molecule has 0 bridgehead atoms. The maximum absolute atomic E-state index is 5.66. The Morgan fingerprint density at radius 3 is 2.57 bits per heavy atom.